The van der Waals surface area contributed by atoms with Crippen molar-refractivity contribution in [1.82, 2.24) is 0 Å². The summed E-state index contributed by atoms with van der Waals surface area (Å²) < 4.78 is 28.7. The lowest BCUT2D eigenvalue weighted by Crippen LogP contribution is -2.21. The minimum atomic E-state index is -3.60. The van der Waals surface area contributed by atoms with Crippen LogP contribution in [0.5, 0.6) is 0 Å². The zero-order chi connectivity index (χ0) is 13.8. The summed E-state index contributed by atoms with van der Waals surface area (Å²) in [6.45, 7) is 5.35. The van der Waals surface area contributed by atoms with Crippen molar-refractivity contribution in [3.8, 4) is 0 Å². The number of carbonyl (C=O) groups excluding carboxylic acids is 1. The zero-order valence-electron chi connectivity index (χ0n) is 10.8. The molecule has 5 heteroatoms. The standard InChI is InChI=1S/C13H18O4S/c1-4-11-5-7-12(8-6-11)18(15,16)9-13(14)17-10(2)3/h5-8,10H,4,9H2,1-3H3. The number of benzene rings is 1. The summed E-state index contributed by atoms with van der Waals surface area (Å²) in [6, 6.07) is 6.55. The van der Waals surface area contributed by atoms with E-state index >= 15 is 0 Å². The molecule has 1 rings (SSSR count). The molecule has 0 aromatic heterocycles. The molecule has 0 spiro atoms. The van der Waals surface area contributed by atoms with Crippen LogP contribution >= 0.6 is 0 Å². The van der Waals surface area contributed by atoms with Gasteiger partial charge in [0.25, 0.3) is 0 Å². The minimum Gasteiger partial charge on any atom is -0.462 e. The van der Waals surface area contributed by atoms with E-state index in [-0.39, 0.29) is 11.0 Å². The molecule has 0 aliphatic carbocycles. The van der Waals surface area contributed by atoms with Gasteiger partial charge in [0.1, 0.15) is 0 Å². The normalized spacial score (nSPS) is 11.6. The molecule has 0 amide bonds. The van der Waals surface area contributed by atoms with Gasteiger partial charge < -0.3 is 4.74 Å². The van der Waals surface area contributed by atoms with Crippen LogP contribution in [0.15, 0.2) is 29.2 Å². The Balaban J connectivity index is 2.82. The van der Waals surface area contributed by atoms with E-state index in [0.29, 0.717) is 0 Å². The fourth-order valence-corrected chi connectivity index (χ4v) is 2.56. The van der Waals surface area contributed by atoms with Gasteiger partial charge in [-0.2, -0.15) is 0 Å². The summed E-state index contributed by atoms with van der Waals surface area (Å²) in [5.74, 6) is -1.33. The van der Waals surface area contributed by atoms with Crippen LogP contribution < -0.4 is 0 Å². The highest BCUT2D eigenvalue weighted by Gasteiger charge is 2.20. The highest BCUT2D eigenvalue weighted by Crippen LogP contribution is 2.13. The van der Waals surface area contributed by atoms with Gasteiger partial charge in [-0.1, -0.05) is 19.1 Å². The summed E-state index contributed by atoms with van der Waals surface area (Å²) in [7, 11) is -3.60. The highest BCUT2D eigenvalue weighted by atomic mass is 32.2. The summed E-state index contributed by atoms with van der Waals surface area (Å²) in [5, 5.41) is 0. The molecule has 100 valence electrons. The number of hydrogen-bond acceptors (Lipinski definition) is 4. The van der Waals surface area contributed by atoms with Gasteiger partial charge >= 0.3 is 5.97 Å². The number of rotatable bonds is 5. The smallest absolute Gasteiger partial charge is 0.321 e. The van der Waals surface area contributed by atoms with Crippen LogP contribution in [0.1, 0.15) is 26.3 Å². The second-order valence-corrected chi connectivity index (χ2v) is 6.28. The van der Waals surface area contributed by atoms with Gasteiger partial charge in [0.05, 0.1) is 11.0 Å². The SMILES string of the molecule is CCc1ccc(S(=O)(=O)CC(=O)OC(C)C)cc1. The first kappa shape index (κ1) is 14.7. The van der Waals surface area contributed by atoms with Gasteiger partial charge in [0, 0.05) is 0 Å². The van der Waals surface area contributed by atoms with Crippen molar-refractivity contribution in [2.75, 3.05) is 5.75 Å². The highest BCUT2D eigenvalue weighted by molar-refractivity contribution is 7.92. The third-order valence-electron chi connectivity index (χ3n) is 2.37. The molecular formula is C13H18O4S. The molecule has 0 bridgehead atoms. The fraction of sp³-hybridized carbons (Fsp3) is 0.462. The number of hydrogen-bond donors (Lipinski definition) is 0. The van der Waals surface area contributed by atoms with Crippen LogP contribution in [-0.4, -0.2) is 26.2 Å². The Morgan fingerprint density at radius 3 is 2.22 bits per heavy atom. The molecule has 1 aromatic rings. The summed E-state index contributed by atoms with van der Waals surface area (Å²) in [5.41, 5.74) is 1.05. The third kappa shape index (κ3) is 4.14. The van der Waals surface area contributed by atoms with E-state index in [1.165, 1.54) is 12.1 Å². The lowest BCUT2D eigenvalue weighted by molar-refractivity contribution is -0.144. The molecule has 0 aliphatic rings. The predicted molar refractivity (Wildman–Crippen MR) is 69.1 cm³/mol. The van der Waals surface area contributed by atoms with Crippen molar-refractivity contribution in [1.29, 1.82) is 0 Å². The molecule has 0 heterocycles. The van der Waals surface area contributed by atoms with Crippen LogP contribution in [0.4, 0.5) is 0 Å². The first-order valence-electron chi connectivity index (χ1n) is 5.86. The molecule has 0 fully saturated rings. The second-order valence-electron chi connectivity index (χ2n) is 4.30. The van der Waals surface area contributed by atoms with Crippen LogP contribution in [0.25, 0.3) is 0 Å². The third-order valence-corrected chi connectivity index (χ3v) is 3.97. The zero-order valence-corrected chi connectivity index (χ0v) is 11.7. The fourth-order valence-electron chi connectivity index (χ4n) is 1.47. The lowest BCUT2D eigenvalue weighted by Gasteiger charge is -2.08. The largest absolute Gasteiger partial charge is 0.462 e. The van der Waals surface area contributed by atoms with E-state index in [1.54, 1.807) is 26.0 Å². The van der Waals surface area contributed by atoms with Crippen molar-refractivity contribution >= 4 is 15.8 Å². The Bertz CT molecular complexity index is 500. The van der Waals surface area contributed by atoms with E-state index in [2.05, 4.69) is 0 Å². The first-order valence-corrected chi connectivity index (χ1v) is 7.51. The lowest BCUT2D eigenvalue weighted by atomic mass is 10.2. The molecule has 0 saturated carbocycles. The maximum absolute atomic E-state index is 11.9. The molecular weight excluding hydrogens is 252 g/mol. The molecule has 0 saturated heterocycles. The molecule has 18 heavy (non-hydrogen) atoms. The van der Waals surface area contributed by atoms with Crippen molar-refractivity contribution < 1.29 is 17.9 Å². The van der Waals surface area contributed by atoms with E-state index < -0.39 is 21.6 Å². The van der Waals surface area contributed by atoms with Crippen molar-refractivity contribution in [2.45, 2.75) is 38.2 Å². The Kier molecular flexibility index (Phi) is 4.90. The van der Waals surface area contributed by atoms with Gasteiger partial charge in [-0.25, -0.2) is 8.42 Å². The van der Waals surface area contributed by atoms with Crippen molar-refractivity contribution in [3.63, 3.8) is 0 Å². The maximum Gasteiger partial charge on any atom is 0.321 e. The predicted octanol–water partition coefficient (Wildman–Crippen LogP) is 1.97. The van der Waals surface area contributed by atoms with Gasteiger partial charge in [-0.05, 0) is 38.0 Å². The van der Waals surface area contributed by atoms with Crippen molar-refractivity contribution in [3.05, 3.63) is 29.8 Å². The van der Waals surface area contributed by atoms with Gasteiger partial charge in [0.15, 0.2) is 15.6 Å². The van der Waals surface area contributed by atoms with Gasteiger partial charge in [0.2, 0.25) is 0 Å². The average Bonchev–Trinajstić information content (AvgIpc) is 2.27. The average molecular weight is 270 g/mol. The van der Waals surface area contributed by atoms with Crippen LogP contribution in [0, 0.1) is 0 Å². The Labute approximate surface area is 108 Å². The minimum absolute atomic E-state index is 0.153. The van der Waals surface area contributed by atoms with Gasteiger partial charge in [-0.3, -0.25) is 4.79 Å². The van der Waals surface area contributed by atoms with Crippen LogP contribution in [0.2, 0.25) is 0 Å². The number of esters is 1. The van der Waals surface area contributed by atoms with Gasteiger partial charge in [-0.15, -0.1) is 0 Å². The first-order chi connectivity index (χ1) is 8.35. The molecule has 0 unspecified atom stereocenters. The Morgan fingerprint density at radius 1 is 1.22 bits per heavy atom. The van der Waals surface area contributed by atoms with E-state index in [0.717, 1.165) is 12.0 Å². The summed E-state index contributed by atoms with van der Waals surface area (Å²) >= 11 is 0. The quantitative estimate of drug-likeness (QED) is 0.768. The molecule has 1 aromatic carbocycles. The number of carbonyl (C=O) groups is 1. The maximum atomic E-state index is 11.9. The van der Waals surface area contributed by atoms with Crippen molar-refractivity contribution in [2.24, 2.45) is 0 Å². The van der Waals surface area contributed by atoms with E-state index in [9.17, 15) is 13.2 Å². The van der Waals surface area contributed by atoms with E-state index in [4.69, 9.17) is 4.74 Å². The molecule has 0 aliphatic heterocycles. The number of sulfone groups is 1. The van der Waals surface area contributed by atoms with Crippen LogP contribution in [0.3, 0.4) is 0 Å². The molecule has 0 N–H and O–H groups in total. The summed E-state index contributed by atoms with van der Waals surface area (Å²) in [4.78, 5) is 11.5. The Hall–Kier alpha value is -1.36. The molecule has 0 atom stereocenters. The molecule has 4 nitrogen and oxygen atoms in total. The van der Waals surface area contributed by atoms with E-state index in [1.807, 2.05) is 6.92 Å². The summed E-state index contributed by atoms with van der Waals surface area (Å²) in [6.07, 6.45) is 0.533. The molecule has 0 radical (unpaired) electrons. The second kappa shape index (κ2) is 6.00. The van der Waals surface area contributed by atoms with Crippen LogP contribution in [-0.2, 0) is 25.8 Å². The number of ether oxygens (including phenoxy) is 1. The monoisotopic (exact) mass is 270 g/mol. The Morgan fingerprint density at radius 2 is 1.78 bits per heavy atom. The topological polar surface area (TPSA) is 60.4 Å². The number of aryl methyl sites for hydroxylation is 1.